The maximum Gasteiger partial charge on any atom is 0.147 e. The number of aromatic nitrogens is 2. The lowest BCUT2D eigenvalue weighted by atomic mass is 9.96. The van der Waals surface area contributed by atoms with Crippen LogP contribution in [0.1, 0.15) is 17.2 Å². The van der Waals surface area contributed by atoms with Crippen LogP contribution >= 0.6 is 11.6 Å². The molecule has 0 saturated carbocycles. The van der Waals surface area contributed by atoms with Crippen LogP contribution in [0.15, 0.2) is 79.1 Å². The van der Waals surface area contributed by atoms with E-state index in [1.807, 2.05) is 66.7 Å². The van der Waals surface area contributed by atoms with Crippen LogP contribution in [0.3, 0.4) is 0 Å². The van der Waals surface area contributed by atoms with Crippen LogP contribution in [-0.4, -0.2) is 15.1 Å². The molecule has 0 aliphatic heterocycles. The van der Waals surface area contributed by atoms with Crippen molar-refractivity contribution in [1.29, 1.82) is 0 Å². The second kappa shape index (κ2) is 7.02. The van der Waals surface area contributed by atoms with E-state index in [0.29, 0.717) is 21.9 Å². The minimum absolute atomic E-state index is 0.150. The fraction of sp³-hybridized carbons (Fsp3) is 0.0476. The van der Waals surface area contributed by atoms with E-state index in [1.54, 1.807) is 12.4 Å². The summed E-state index contributed by atoms with van der Waals surface area (Å²) < 4.78 is 0. The summed E-state index contributed by atoms with van der Waals surface area (Å²) >= 11 is 6.20. The van der Waals surface area contributed by atoms with Crippen LogP contribution < -0.4 is 5.32 Å². The molecule has 5 heteroatoms. The monoisotopic (exact) mass is 361 g/mol. The molecule has 4 rings (SSSR count). The lowest BCUT2D eigenvalue weighted by Gasteiger charge is -2.22. The Morgan fingerprint density at radius 2 is 1.77 bits per heavy atom. The first-order chi connectivity index (χ1) is 12.7. The molecule has 2 N–H and O–H groups in total. The summed E-state index contributed by atoms with van der Waals surface area (Å²) in [6.45, 7) is 0. The summed E-state index contributed by atoms with van der Waals surface area (Å²) in [6, 6.07) is 20.5. The maximum absolute atomic E-state index is 10.9. The second-order valence-electron chi connectivity index (χ2n) is 5.93. The van der Waals surface area contributed by atoms with Crippen molar-refractivity contribution in [3.8, 4) is 5.75 Å². The SMILES string of the molecule is Oc1c([C@H](Nc2ccccn2)c2cccc(Cl)c2)ccc2cccnc12. The third kappa shape index (κ3) is 3.19. The van der Waals surface area contributed by atoms with Gasteiger partial charge in [-0.05, 0) is 35.9 Å². The molecule has 26 heavy (non-hydrogen) atoms. The number of phenols is 1. The molecular formula is C21H16ClN3O. The number of aromatic hydroxyl groups is 1. The molecule has 1 atom stereocenters. The van der Waals surface area contributed by atoms with E-state index in [9.17, 15) is 5.11 Å². The number of fused-ring (bicyclic) bond motifs is 1. The van der Waals surface area contributed by atoms with Gasteiger partial charge in [0.05, 0.1) is 6.04 Å². The van der Waals surface area contributed by atoms with Gasteiger partial charge < -0.3 is 10.4 Å². The smallest absolute Gasteiger partial charge is 0.147 e. The zero-order valence-corrected chi connectivity index (χ0v) is 14.6. The Morgan fingerprint density at radius 1 is 0.885 bits per heavy atom. The van der Waals surface area contributed by atoms with E-state index in [4.69, 9.17) is 11.6 Å². The Hall–Kier alpha value is -3.11. The highest BCUT2D eigenvalue weighted by Gasteiger charge is 2.20. The molecule has 128 valence electrons. The van der Waals surface area contributed by atoms with Gasteiger partial charge in [-0.25, -0.2) is 4.98 Å². The average Bonchev–Trinajstić information content (AvgIpc) is 2.68. The first-order valence-electron chi connectivity index (χ1n) is 8.22. The zero-order valence-electron chi connectivity index (χ0n) is 13.8. The summed E-state index contributed by atoms with van der Waals surface area (Å²) in [6.07, 6.45) is 3.39. The number of pyridine rings is 2. The topological polar surface area (TPSA) is 58.0 Å². The minimum Gasteiger partial charge on any atom is -0.505 e. The molecule has 0 aliphatic carbocycles. The number of anilines is 1. The Labute approximate surface area is 156 Å². The Morgan fingerprint density at radius 3 is 2.58 bits per heavy atom. The largest absolute Gasteiger partial charge is 0.505 e. The van der Waals surface area contributed by atoms with Crippen molar-refractivity contribution >= 4 is 28.3 Å². The van der Waals surface area contributed by atoms with Gasteiger partial charge in [0.15, 0.2) is 0 Å². The lowest BCUT2D eigenvalue weighted by Crippen LogP contribution is -2.13. The van der Waals surface area contributed by atoms with Gasteiger partial charge in [0.1, 0.15) is 17.1 Å². The van der Waals surface area contributed by atoms with Gasteiger partial charge in [0.25, 0.3) is 0 Å². The number of nitrogens with zero attached hydrogens (tertiary/aromatic N) is 2. The van der Waals surface area contributed by atoms with E-state index in [1.165, 1.54) is 0 Å². The van der Waals surface area contributed by atoms with Crippen molar-refractivity contribution in [3.63, 3.8) is 0 Å². The quantitative estimate of drug-likeness (QED) is 0.525. The van der Waals surface area contributed by atoms with Gasteiger partial charge in [-0.1, -0.05) is 48.0 Å². The summed E-state index contributed by atoms with van der Waals surface area (Å²) in [5, 5.41) is 15.8. The molecule has 0 bridgehead atoms. The normalized spacial score (nSPS) is 12.0. The zero-order chi connectivity index (χ0) is 17.9. The molecule has 2 aromatic heterocycles. The van der Waals surface area contributed by atoms with E-state index < -0.39 is 0 Å². The van der Waals surface area contributed by atoms with Crippen molar-refractivity contribution in [1.82, 2.24) is 9.97 Å². The van der Waals surface area contributed by atoms with E-state index in [-0.39, 0.29) is 11.8 Å². The number of halogens is 1. The predicted molar refractivity (Wildman–Crippen MR) is 105 cm³/mol. The Kier molecular flexibility index (Phi) is 4.42. The summed E-state index contributed by atoms with van der Waals surface area (Å²) in [4.78, 5) is 8.67. The first kappa shape index (κ1) is 16.4. The van der Waals surface area contributed by atoms with E-state index >= 15 is 0 Å². The molecule has 0 amide bonds. The molecular weight excluding hydrogens is 346 g/mol. The molecule has 0 aliphatic rings. The van der Waals surface area contributed by atoms with Crippen molar-refractivity contribution in [2.24, 2.45) is 0 Å². The molecule has 4 aromatic rings. The van der Waals surface area contributed by atoms with E-state index in [0.717, 1.165) is 10.9 Å². The molecule has 4 nitrogen and oxygen atoms in total. The van der Waals surface area contributed by atoms with Crippen molar-refractivity contribution in [2.45, 2.75) is 6.04 Å². The molecule has 0 saturated heterocycles. The summed E-state index contributed by atoms with van der Waals surface area (Å²) in [5.41, 5.74) is 2.21. The van der Waals surface area contributed by atoms with E-state index in [2.05, 4.69) is 15.3 Å². The number of rotatable bonds is 4. The standard InChI is InChI=1S/C21H16ClN3O/c22-16-7-3-5-15(13-16)19(25-18-8-1-2-11-23-18)17-10-9-14-6-4-12-24-20(14)21(17)26/h1-13,19,26H,(H,23,25)/t19-/m1/s1. The highest BCUT2D eigenvalue weighted by Crippen LogP contribution is 2.36. The number of hydrogen-bond donors (Lipinski definition) is 2. The fourth-order valence-electron chi connectivity index (χ4n) is 3.00. The van der Waals surface area contributed by atoms with Crippen molar-refractivity contribution < 1.29 is 5.11 Å². The Bertz CT molecular complexity index is 1050. The fourth-order valence-corrected chi connectivity index (χ4v) is 3.20. The van der Waals surface area contributed by atoms with Gasteiger partial charge in [-0.3, -0.25) is 4.98 Å². The minimum atomic E-state index is -0.324. The van der Waals surface area contributed by atoms with Crippen LogP contribution in [0.2, 0.25) is 5.02 Å². The third-order valence-electron chi connectivity index (χ3n) is 4.23. The molecule has 2 heterocycles. The van der Waals surface area contributed by atoms with Crippen LogP contribution in [0.5, 0.6) is 5.75 Å². The highest BCUT2D eigenvalue weighted by atomic mass is 35.5. The maximum atomic E-state index is 10.9. The van der Waals surface area contributed by atoms with Crippen LogP contribution in [-0.2, 0) is 0 Å². The van der Waals surface area contributed by atoms with Crippen LogP contribution in [0, 0.1) is 0 Å². The number of nitrogens with one attached hydrogen (secondary N) is 1. The molecule has 0 radical (unpaired) electrons. The predicted octanol–water partition coefficient (Wildman–Crippen LogP) is 5.19. The second-order valence-corrected chi connectivity index (χ2v) is 6.36. The number of hydrogen-bond acceptors (Lipinski definition) is 4. The van der Waals surface area contributed by atoms with Gasteiger partial charge in [-0.2, -0.15) is 0 Å². The average molecular weight is 362 g/mol. The summed E-state index contributed by atoms with van der Waals surface area (Å²) in [5.74, 6) is 0.856. The van der Waals surface area contributed by atoms with Crippen LogP contribution in [0.25, 0.3) is 10.9 Å². The number of benzene rings is 2. The first-order valence-corrected chi connectivity index (χ1v) is 8.60. The Balaban J connectivity index is 1.86. The van der Waals surface area contributed by atoms with Gasteiger partial charge in [0, 0.05) is 28.4 Å². The van der Waals surface area contributed by atoms with Crippen LogP contribution in [0.4, 0.5) is 5.82 Å². The van der Waals surface area contributed by atoms with Gasteiger partial charge in [-0.15, -0.1) is 0 Å². The van der Waals surface area contributed by atoms with Crippen molar-refractivity contribution in [3.05, 3.63) is 95.3 Å². The third-order valence-corrected chi connectivity index (χ3v) is 4.46. The number of phenolic OH excluding ortho intramolecular Hbond substituents is 1. The molecule has 0 unspecified atom stereocenters. The molecule has 2 aromatic carbocycles. The lowest BCUT2D eigenvalue weighted by molar-refractivity contribution is 0.471. The van der Waals surface area contributed by atoms with Gasteiger partial charge in [0.2, 0.25) is 0 Å². The molecule has 0 spiro atoms. The summed E-state index contributed by atoms with van der Waals surface area (Å²) in [7, 11) is 0. The van der Waals surface area contributed by atoms with Gasteiger partial charge >= 0.3 is 0 Å². The van der Waals surface area contributed by atoms with Crippen molar-refractivity contribution in [2.75, 3.05) is 5.32 Å². The molecule has 0 fully saturated rings. The highest BCUT2D eigenvalue weighted by molar-refractivity contribution is 6.30.